The maximum Gasteiger partial charge on any atom is 0.174 e. The summed E-state index contributed by atoms with van der Waals surface area (Å²) in [4.78, 5) is 4.41. The lowest BCUT2D eigenvalue weighted by Gasteiger charge is -2.14. The van der Waals surface area contributed by atoms with Gasteiger partial charge in [-0.1, -0.05) is 0 Å². The second kappa shape index (κ2) is 9.21. The third-order valence-corrected chi connectivity index (χ3v) is 4.01. The lowest BCUT2D eigenvalue weighted by atomic mass is 10.1. The number of nitrogens with zero attached hydrogens (tertiary/aromatic N) is 1. The summed E-state index contributed by atoms with van der Waals surface area (Å²) in [6.07, 6.45) is 1.71. The van der Waals surface area contributed by atoms with Crippen molar-refractivity contribution in [3.8, 4) is 11.5 Å². The molecular formula is C18H20FN3O3S. The molecule has 138 valence electrons. The molecule has 2 aromatic rings. The predicted molar refractivity (Wildman–Crippen MR) is 104 cm³/mol. The van der Waals surface area contributed by atoms with E-state index in [9.17, 15) is 4.39 Å². The molecule has 0 radical (unpaired) electrons. The smallest absolute Gasteiger partial charge is 0.174 e. The van der Waals surface area contributed by atoms with E-state index < -0.39 is 5.82 Å². The summed E-state index contributed by atoms with van der Waals surface area (Å²) in [6.45, 7) is -0.313. The Morgan fingerprint density at radius 1 is 1.31 bits per heavy atom. The lowest BCUT2D eigenvalue weighted by Crippen LogP contribution is -2.14. The molecule has 4 N–H and O–H groups in total. The molecule has 0 bridgehead atoms. The first kappa shape index (κ1) is 19.7. The molecule has 8 heteroatoms. The van der Waals surface area contributed by atoms with E-state index in [1.54, 1.807) is 30.5 Å². The normalized spacial score (nSPS) is 11.3. The summed E-state index contributed by atoms with van der Waals surface area (Å²) in [7, 11) is 1.45. The van der Waals surface area contributed by atoms with E-state index in [4.69, 9.17) is 25.7 Å². The minimum atomic E-state index is -0.674. The molecule has 6 nitrogen and oxygen atoms in total. The van der Waals surface area contributed by atoms with Gasteiger partial charge in [-0.15, -0.1) is 11.8 Å². The maximum atomic E-state index is 15.0. The number of aliphatic imine (C=N–C) groups is 1. The van der Waals surface area contributed by atoms with Gasteiger partial charge in [-0.2, -0.15) is 0 Å². The van der Waals surface area contributed by atoms with Crippen molar-refractivity contribution in [1.82, 2.24) is 0 Å². The standard InChI is InChI=1S/C18H20FN3O3S/c1-24-13-9-14(16(19)15(10-13)25-8-7-23)17(18(21)26-2)22-12-5-3-11(20)4-6-12/h3-6,9-10,21,23H,7-8,20H2,1-2H3. The minimum absolute atomic E-state index is 0.0616. The number of nitrogen functional groups attached to an aromatic ring is 1. The van der Waals surface area contributed by atoms with Gasteiger partial charge in [0.25, 0.3) is 0 Å². The summed E-state index contributed by atoms with van der Waals surface area (Å²) in [5.74, 6) is -0.396. The van der Waals surface area contributed by atoms with Crippen LogP contribution < -0.4 is 15.2 Å². The molecule has 2 rings (SSSR count). The van der Waals surface area contributed by atoms with Crippen LogP contribution in [-0.4, -0.2) is 42.4 Å². The number of nitrogens with one attached hydrogen (secondary N) is 1. The first-order chi connectivity index (χ1) is 12.5. The van der Waals surface area contributed by atoms with Gasteiger partial charge in [0.2, 0.25) is 0 Å². The Hall–Kier alpha value is -2.58. The fraction of sp³-hybridized carbons (Fsp3) is 0.222. The number of rotatable bonds is 7. The van der Waals surface area contributed by atoms with Crippen molar-refractivity contribution < 1.29 is 19.0 Å². The molecule has 0 aliphatic carbocycles. The van der Waals surface area contributed by atoms with Crippen LogP contribution in [0.1, 0.15) is 5.56 Å². The highest BCUT2D eigenvalue weighted by atomic mass is 32.2. The van der Waals surface area contributed by atoms with Crippen molar-refractivity contribution in [3.63, 3.8) is 0 Å². The molecule has 0 amide bonds. The number of methoxy groups -OCH3 is 1. The molecular weight excluding hydrogens is 357 g/mol. The molecule has 0 saturated heterocycles. The largest absolute Gasteiger partial charge is 0.497 e. The van der Waals surface area contributed by atoms with Gasteiger partial charge in [-0.05, 0) is 36.6 Å². The van der Waals surface area contributed by atoms with Gasteiger partial charge in [-0.25, -0.2) is 9.38 Å². The second-order valence-corrected chi connectivity index (χ2v) is 5.96. The number of benzene rings is 2. The number of hydrogen-bond acceptors (Lipinski definition) is 7. The Morgan fingerprint density at radius 3 is 2.58 bits per heavy atom. The Labute approximate surface area is 155 Å². The zero-order chi connectivity index (χ0) is 19.1. The Bertz CT molecular complexity index is 810. The van der Waals surface area contributed by atoms with E-state index in [0.29, 0.717) is 17.1 Å². The monoisotopic (exact) mass is 377 g/mol. The molecule has 0 atom stereocenters. The molecule has 26 heavy (non-hydrogen) atoms. The van der Waals surface area contributed by atoms with Crippen LogP contribution in [0.3, 0.4) is 0 Å². The molecule has 0 heterocycles. The van der Waals surface area contributed by atoms with Crippen LogP contribution in [0.25, 0.3) is 0 Å². The van der Waals surface area contributed by atoms with Crippen molar-refractivity contribution in [2.45, 2.75) is 0 Å². The third-order valence-electron chi connectivity index (χ3n) is 3.41. The van der Waals surface area contributed by atoms with Crippen LogP contribution in [0, 0.1) is 11.2 Å². The van der Waals surface area contributed by atoms with E-state index in [-0.39, 0.29) is 35.3 Å². The van der Waals surface area contributed by atoms with Crippen molar-refractivity contribution in [1.29, 1.82) is 5.41 Å². The number of hydrogen-bond donors (Lipinski definition) is 3. The lowest BCUT2D eigenvalue weighted by molar-refractivity contribution is 0.196. The van der Waals surface area contributed by atoms with Gasteiger partial charge < -0.3 is 20.3 Å². The van der Waals surface area contributed by atoms with E-state index in [2.05, 4.69) is 4.99 Å². The number of aliphatic hydroxyl groups is 1. The molecule has 0 spiro atoms. The number of aliphatic hydroxyl groups excluding tert-OH is 1. The topological polar surface area (TPSA) is 101 Å². The average molecular weight is 377 g/mol. The summed E-state index contributed by atoms with van der Waals surface area (Å²) >= 11 is 1.14. The van der Waals surface area contributed by atoms with Crippen LogP contribution >= 0.6 is 11.8 Å². The third kappa shape index (κ3) is 4.74. The highest BCUT2D eigenvalue weighted by molar-refractivity contribution is 8.15. The van der Waals surface area contributed by atoms with Crippen LogP contribution in [-0.2, 0) is 0 Å². The molecule has 0 aliphatic rings. The molecule has 2 aromatic carbocycles. The van der Waals surface area contributed by atoms with Gasteiger partial charge in [0.15, 0.2) is 11.6 Å². The van der Waals surface area contributed by atoms with E-state index >= 15 is 0 Å². The fourth-order valence-corrected chi connectivity index (χ4v) is 2.48. The first-order valence-electron chi connectivity index (χ1n) is 7.68. The van der Waals surface area contributed by atoms with E-state index in [0.717, 1.165) is 11.8 Å². The molecule has 0 aromatic heterocycles. The molecule has 0 fully saturated rings. The number of anilines is 1. The maximum absolute atomic E-state index is 15.0. The summed E-state index contributed by atoms with van der Waals surface area (Å²) in [5.41, 5.74) is 7.01. The SMILES string of the molecule is COc1cc(OCCO)c(F)c(C(=Nc2ccc(N)cc2)C(=N)SC)c1. The average Bonchev–Trinajstić information content (AvgIpc) is 2.66. The summed E-state index contributed by atoms with van der Waals surface area (Å²) in [6, 6.07) is 9.57. The number of thioether (sulfide) groups is 1. The van der Waals surface area contributed by atoms with Gasteiger partial charge >= 0.3 is 0 Å². The van der Waals surface area contributed by atoms with E-state index in [1.807, 2.05) is 0 Å². The van der Waals surface area contributed by atoms with Crippen LogP contribution in [0.5, 0.6) is 11.5 Å². The quantitative estimate of drug-likeness (QED) is 0.391. The highest BCUT2D eigenvalue weighted by Crippen LogP contribution is 2.30. The minimum Gasteiger partial charge on any atom is -0.497 e. The van der Waals surface area contributed by atoms with Crippen LogP contribution in [0.2, 0.25) is 0 Å². The first-order valence-corrected chi connectivity index (χ1v) is 8.91. The number of ether oxygens (including phenoxy) is 2. The van der Waals surface area contributed by atoms with Gasteiger partial charge in [-0.3, -0.25) is 5.41 Å². The van der Waals surface area contributed by atoms with Crippen molar-refractivity contribution in [2.75, 3.05) is 32.3 Å². The van der Waals surface area contributed by atoms with Crippen molar-refractivity contribution >= 4 is 33.9 Å². The number of halogens is 1. The zero-order valence-electron chi connectivity index (χ0n) is 14.5. The molecule has 0 unspecified atom stereocenters. The highest BCUT2D eigenvalue weighted by Gasteiger charge is 2.20. The number of nitrogens with two attached hydrogens (primary N) is 1. The Morgan fingerprint density at radius 2 is 2.00 bits per heavy atom. The second-order valence-electron chi connectivity index (χ2n) is 5.14. The van der Waals surface area contributed by atoms with Crippen LogP contribution in [0.15, 0.2) is 41.4 Å². The van der Waals surface area contributed by atoms with Gasteiger partial charge in [0.05, 0.1) is 19.4 Å². The van der Waals surface area contributed by atoms with Crippen LogP contribution in [0.4, 0.5) is 15.8 Å². The van der Waals surface area contributed by atoms with Crippen molar-refractivity contribution in [2.24, 2.45) is 4.99 Å². The van der Waals surface area contributed by atoms with Crippen molar-refractivity contribution in [3.05, 3.63) is 47.8 Å². The molecule has 0 aliphatic heterocycles. The summed E-state index contributed by atoms with van der Waals surface area (Å²) < 4.78 is 25.4. The van der Waals surface area contributed by atoms with Gasteiger partial charge in [0, 0.05) is 17.3 Å². The van der Waals surface area contributed by atoms with E-state index in [1.165, 1.54) is 19.2 Å². The fourth-order valence-electron chi connectivity index (χ4n) is 2.13. The Balaban J connectivity index is 2.60. The Kier molecular flexibility index (Phi) is 6.99. The zero-order valence-corrected chi connectivity index (χ0v) is 15.3. The molecule has 0 saturated carbocycles. The summed E-state index contributed by atoms with van der Waals surface area (Å²) in [5, 5.41) is 17.2. The predicted octanol–water partition coefficient (Wildman–Crippen LogP) is 3.25. The van der Waals surface area contributed by atoms with Gasteiger partial charge in [0.1, 0.15) is 23.1 Å².